The minimum atomic E-state index is -4.48. The number of carbonyl (C=O) groups excluding carboxylic acids is 1. The van der Waals surface area contributed by atoms with Crippen LogP contribution in [0.2, 0.25) is 0 Å². The lowest BCUT2D eigenvalue weighted by atomic mass is 10.1. The van der Waals surface area contributed by atoms with Crippen LogP contribution in [0, 0.1) is 0 Å². The molecule has 0 saturated carbocycles. The molecule has 1 N–H and O–H groups in total. The van der Waals surface area contributed by atoms with Crippen LogP contribution < -0.4 is 10.2 Å². The summed E-state index contributed by atoms with van der Waals surface area (Å²) in [6.45, 7) is 2.51. The predicted molar refractivity (Wildman–Crippen MR) is 117 cm³/mol. The number of hydrogen-bond donors (Lipinski definition) is 1. The smallest absolute Gasteiger partial charge is 0.379 e. The zero-order valence-corrected chi connectivity index (χ0v) is 18.6. The fourth-order valence-corrected chi connectivity index (χ4v) is 5.40. The number of nitrogens with zero attached hydrogens (tertiary/aromatic N) is 2. The molecule has 11 heteroatoms. The van der Waals surface area contributed by atoms with E-state index < -0.39 is 27.7 Å². The fourth-order valence-electron chi connectivity index (χ4n) is 3.97. The molecular weight excluding hydrogens is 459 g/mol. The van der Waals surface area contributed by atoms with Crippen LogP contribution in [-0.4, -0.2) is 58.0 Å². The SMILES string of the molecule is O=C(Nc1ccc(C(F)(F)F)cc1)c1cc(S(=O)(=O)N2CCOCC2)ccc1N1CCCC1. The van der Waals surface area contributed by atoms with Gasteiger partial charge in [0.05, 0.1) is 29.2 Å². The van der Waals surface area contributed by atoms with Gasteiger partial charge in [0.1, 0.15) is 0 Å². The van der Waals surface area contributed by atoms with Crippen molar-refractivity contribution in [1.82, 2.24) is 4.31 Å². The van der Waals surface area contributed by atoms with Crippen molar-refractivity contribution >= 4 is 27.3 Å². The molecule has 4 rings (SSSR count). The number of anilines is 2. The first-order chi connectivity index (χ1) is 15.7. The monoisotopic (exact) mass is 483 g/mol. The van der Waals surface area contributed by atoms with Gasteiger partial charge in [-0.3, -0.25) is 4.79 Å². The molecule has 2 aromatic carbocycles. The van der Waals surface area contributed by atoms with Crippen molar-refractivity contribution in [3.63, 3.8) is 0 Å². The van der Waals surface area contributed by atoms with Gasteiger partial charge in [0, 0.05) is 37.6 Å². The molecular formula is C22H24F3N3O4S. The topological polar surface area (TPSA) is 79.0 Å². The second-order valence-electron chi connectivity index (χ2n) is 7.92. The second-order valence-corrected chi connectivity index (χ2v) is 9.86. The molecule has 2 heterocycles. The van der Waals surface area contributed by atoms with Gasteiger partial charge in [0.25, 0.3) is 5.91 Å². The summed E-state index contributed by atoms with van der Waals surface area (Å²) in [6.07, 6.45) is -2.57. The molecule has 0 radical (unpaired) electrons. The van der Waals surface area contributed by atoms with E-state index in [9.17, 15) is 26.4 Å². The van der Waals surface area contributed by atoms with Crippen molar-refractivity contribution in [3.05, 3.63) is 53.6 Å². The van der Waals surface area contributed by atoms with E-state index in [1.165, 1.54) is 28.6 Å². The summed E-state index contributed by atoms with van der Waals surface area (Å²) in [6, 6.07) is 8.58. The quantitative estimate of drug-likeness (QED) is 0.704. The first-order valence-electron chi connectivity index (χ1n) is 10.6. The van der Waals surface area contributed by atoms with E-state index in [1.54, 1.807) is 6.07 Å². The molecule has 0 aromatic heterocycles. The Labute approximate surface area is 190 Å². The number of benzene rings is 2. The van der Waals surface area contributed by atoms with Crippen molar-refractivity contribution in [2.45, 2.75) is 23.9 Å². The number of ether oxygens (including phenoxy) is 1. The Balaban J connectivity index is 1.65. The summed E-state index contributed by atoms with van der Waals surface area (Å²) >= 11 is 0. The summed E-state index contributed by atoms with van der Waals surface area (Å²) < 4.78 is 71.2. The standard InChI is InChI=1S/C22H24F3N3O4S/c23-22(24,25)16-3-5-17(6-4-16)26-21(29)19-15-18(7-8-20(19)27-9-1-2-10-27)33(30,31)28-11-13-32-14-12-28/h3-8,15H,1-2,9-14H2,(H,26,29). The first kappa shape index (κ1) is 23.5. The molecule has 2 saturated heterocycles. The van der Waals surface area contributed by atoms with Crippen LogP contribution in [0.15, 0.2) is 47.4 Å². The summed E-state index contributed by atoms with van der Waals surface area (Å²) in [5.74, 6) is -0.587. The zero-order valence-electron chi connectivity index (χ0n) is 17.8. The number of nitrogens with one attached hydrogen (secondary N) is 1. The van der Waals surface area contributed by atoms with Crippen LogP contribution >= 0.6 is 0 Å². The highest BCUT2D eigenvalue weighted by atomic mass is 32.2. The third kappa shape index (κ3) is 5.15. The van der Waals surface area contributed by atoms with Crippen LogP contribution in [0.3, 0.4) is 0 Å². The predicted octanol–water partition coefficient (Wildman–Crippen LogP) is 3.58. The Morgan fingerprint density at radius 2 is 1.58 bits per heavy atom. The van der Waals surface area contributed by atoms with Crippen molar-refractivity contribution in [2.75, 3.05) is 49.6 Å². The van der Waals surface area contributed by atoms with Crippen LogP contribution in [0.4, 0.5) is 24.5 Å². The molecule has 0 aliphatic carbocycles. The minimum absolute atomic E-state index is 0.00934. The summed E-state index contributed by atoms with van der Waals surface area (Å²) in [4.78, 5) is 15.1. The van der Waals surface area contributed by atoms with Gasteiger partial charge >= 0.3 is 6.18 Å². The molecule has 0 unspecified atom stereocenters. The third-order valence-corrected chi connectivity index (χ3v) is 7.63. The molecule has 1 amide bonds. The van der Waals surface area contributed by atoms with E-state index in [4.69, 9.17) is 4.74 Å². The Morgan fingerprint density at radius 3 is 2.18 bits per heavy atom. The lowest BCUT2D eigenvalue weighted by molar-refractivity contribution is -0.137. The minimum Gasteiger partial charge on any atom is -0.379 e. The Bertz CT molecular complexity index is 1110. The van der Waals surface area contributed by atoms with Crippen LogP contribution in [0.5, 0.6) is 0 Å². The fraction of sp³-hybridized carbons (Fsp3) is 0.409. The molecule has 7 nitrogen and oxygen atoms in total. The number of hydrogen-bond acceptors (Lipinski definition) is 5. The average Bonchev–Trinajstić information content (AvgIpc) is 3.34. The number of amides is 1. The molecule has 0 atom stereocenters. The summed E-state index contributed by atoms with van der Waals surface area (Å²) in [7, 11) is -3.82. The number of rotatable bonds is 5. The molecule has 2 fully saturated rings. The van der Waals surface area contributed by atoms with Crippen molar-refractivity contribution in [2.24, 2.45) is 0 Å². The molecule has 178 valence electrons. The lowest BCUT2D eigenvalue weighted by Crippen LogP contribution is -2.40. The molecule has 2 aliphatic heterocycles. The van der Waals surface area contributed by atoms with Crippen molar-refractivity contribution < 1.29 is 31.1 Å². The van der Waals surface area contributed by atoms with Crippen molar-refractivity contribution in [3.8, 4) is 0 Å². The van der Waals surface area contributed by atoms with Gasteiger partial charge < -0.3 is 15.0 Å². The molecule has 2 aromatic rings. The maximum Gasteiger partial charge on any atom is 0.416 e. The second kappa shape index (κ2) is 9.32. The number of alkyl halides is 3. The van der Waals surface area contributed by atoms with E-state index in [-0.39, 0.29) is 29.2 Å². The zero-order chi connectivity index (χ0) is 23.6. The van der Waals surface area contributed by atoms with Crippen LogP contribution in [0.25, 0.3) is 0 Å². The van der Waals surface area contributed by atoms with Crippen LogP contribution in [0.1, 0.15) is 28.8 Å². The normalized spacial score (nSPS) is 17.8. The Morgan fingerprint density at radius 1 is 0.939 bits per heavy atom. The first-order valence-corrected chi connectivity index (χ1v) is 12.1. The number of sulfonamides is 1. The number of carbonyl (C=O) groups is 1. The largest absolute Gasteiger partial charge is 0.416 e. The van der Waals surface area contributed by atoms with E-state index in [0.717, 1.165) is 38.1 Å². The Hall–Kier alpha value is -2.63. The van der Waals surface area contributed by atoms with Gasteiger partial charge in [-0.1, -0.05) is 0 Å². The third-order valence-electron chi connectivity index (χ3n) is 5.74. The molecule has 0 spiro atoms. The average molecular weight is 484 g/mol. The van der Waals surface area contributed by atoms with E-state index >= 15 is 0 Å². The van der Waals surface area contributed by atoms with Crippen molar-refractivity contribution in [1.29, 1.82) is 0 Å². The lowest BCUT2D eigenvalue weighted by Gasteiger charge is -2.27. The van der Waals surface area contributed by atoms with Crippen LogP contribution in [-0.2, 0) is 20.9 Å². The van der Waals surface area contributed by atoms with E-state index in [0.29, 0.717) is 18.9 Å². The molecule has 33 heavy (non-hydrogen) atoms. The maximum atomic E-state index is 13.1. The number of halogens is 3. The van der Waals surface area contributed by atoms with E-state index in [2.05, 4.69) is 5.32 Å². The molecule has 0 bridgehead atoms. The van der Waals surface area contributed by atoms with Gasteiger partial charge in [-0.2, -0.15) is 17.5 Å². The van der Waals surface area contributed by atoms with Gasteiger partial charge in [0.2, 0.25) is 10.0 Å². The van der Waals surface area contributed by atoms with Gasteiger partial charge in [0.15, 0.2) is 0 Å². The van der Waals surface area contributed by atoms with E-state index in [1.807, 2.05) is 4.90 Å². The highest BCUT2D eigenvalue weighted by Crippen LogP contribution is 2.31. The maximum absolute atomic E-state index is 13.1. The highest BCUT2D eigenvalue weighted by Gasteiger charge is 2.31. The Kier molecular flexibility index (Phi) is 6.64. The highest BCUT2D eigenvalue weighted by molar-refractivity contribution is 7.89. The summed E-state index contributed by atoms with van der Waals surface area (Å²) in [5.41, 5.74) is 0.114. The van der Waals surface area contributed by atoms with Gasteiger partial charge in [-0.05, 0) is 55.3 Å². The summed E-state index contributed by atoms with van der Waals surface area (Å²) in [5, 5.41) is 2.60. The number of morpholine rings is 1. The molecule has 2 aliphatic rings. The van der Waals surface area contributed by atoms with Gasteiger partial charge in [-0.15, -0.1) is 0 Å². The van der Waals surface area contributed by atoms with Gasteiger partial charge in [-0.25, -0.2) is 8.42 Å².